The summed E-state index contributed by atoms with van der Waals surface area (Å²) >= 11 is 1.59. The first kappa shape index (κ1) is 11.4. The van der Waals surface area contributed by atoms with E-state index in [1.165, 1.54) is 14.0 Å². The monoisotopic (exact) mass is 217 g/mol. The summed E-state index contributed by atoms with van der Waals surface area (Å²) in [7, 11) is 1.34. The number of carbonyl (C=O) groups excluding carboxylic acids is 2. The third kappa shape index (κ3) is 1.87. The van der Waals surface area contributed by atoms with Crippen molar-refractivity contribution in [1.82, 2.24) is 4.90 Å². The van der Waals surface area contributed by atoms with E-state index < -0.39 is 6.04 Å². The lowest BCUT2D eigenvalue weighted by Crippen LogP contribution is -2.49. The average molecular weight is 217 g/mol. The van der Waals surface area contributed by atoms with Crippen molar-refractivity contribution in [2.45, 2.75) is 31.7 Å². The maximum Gasteiger partial charge on any atom is 0.329 e. The lowest BCUT2D eigenvalue weighted by molar-refractivity contribution is -0.152. The number of hydrogen-bond acceptors (Lipinski definition) is 4. The molecule has 1 rings (SSSR count). The highest BCUT2D eigenvalue weighted by Crippen LogP contribution is 2.39. The topological polar surface area (TPSA) is 46.6 Å². The molecule has 0 bridgehead atoms. The molecule has 80 valence electrons. The van der Waals surface area contributed by atoms with Crippen LogP contribution in [0.5, 0.6) is 0 Å². The van der Waals surface area contributed by atoms with Crippen molar-refractivity contribution < 1.29 is 14.3 Å². The maximum atomic E-state index is 11.4. The van der Waals surface area contributed by atoms with Gasteiger partial charge < -0.3 is 9.64 Å². The lowest BCUT2D eigenvalue weighted by Gasteiger charge is -2.32. The van der Waals surface area contributed by atoms with Crippen LogP contribution in [-0.4, -0.2) is 40.6 Å². The second-order valence-electron chi connectivity index (χ2n) is 3.69. The number of carbonyl (C=O) groups is 2. The Kier molecular flexibility index (Phi) is 3.09. The third-order valence-corrected chi connectivity index (χ3v) is 3.68. The van der Waals surface area contributed by atoms with Gasteiger partial charge in [-0.05, 0) is 13.8 Å². The molecule has 14 heavy (non-hydrogen) atoms. The molecular formula is C9H15NO3S. The molecule has 1 atom stereocenters. The Bertz CT molecular complexity index is 265. The first-order valence-corrected chi connectivity index (χ1v) is 5.40. The molecule has 5 heteroatoms. The van der Waals surface area contributed by atoms with E-state index in [0.29, 0.717) is 5.75 Å². The molecule has 1 fully saturated rings. The Morgan fingerprint density at radius 3 is 2.50 bits per heavy atom. The molecule has 0 spiro atoms. The summed E-state index contributed by atoms with van der Waals surface area (Å²) in [6.45, 7) is 5.34. The first-order chi connectivity index (χ1) is 6.40. The van der Waals surface area contributed by atoms with Crippen LogP contribution >= 0.6 is 11.8 Å². The molecule has 0 radical (unpaired) electrons. The summed E-state index contributed by atoms with van der Waals surface area (Å²) in [6, 6.07) is -0.433. The minimum atomic E-state index is -0.433. The number of methoxy groups -OCH3 is 1. The van der Waals surface area contributed by atoms with Gasteiger partial charge in [0.2, 0.25) is 5.91 Å². The van der Waals surface area contributed by atoms with Crippen molar-refractivity contribution in [2.75, 3.05) is 12.9 Å². The summed E-state index contributed by atoms with van der Waals surface area (Å²) in [5.74, 6) is 0.188. The second kappa shape index (κ2) is 3.81. The van der Waals surface area contributed by atoms with Crippen LogP contribution in [0.25, 0.3) is 0 Å². The van der Waals surface area contributed by atoms with Crippen LogP contribution in [0.1, 0.15) is 20.8 Å². The highest BCUT2D eigenvalue weighted by molar-refractivity contribution is 8.00. The number of thioether (sulfide) groups is 1. The quantitative estimate of drug-likeness (QED) is 0.611. The zero-order valence-corrected chi connectivity index (χ0v) is 9.68. The van der Waals surface area contributed by atoms with Crippen LogP contribution in [0.4, 0.5) is 0 Å². The minimum absolute atomic E-state index is 0.0876. The fourth-order valence-electron chi connectivity index (χ4n) is 1.71. The second-order valence-corrected chi connectivity index (χ2v) is 5.31. The summed E-state index contributed by atoms with van der Waals surface area (Å²) < 4.78 is 4.66. The van der Waals surface area contributed by atoms with Crippen molar-refractivity contribution in [2.24, 2.45) is 0 Å². The predicted molar refractivity (Wildman–Crippen MR) is 54.9 cm³/mol. The van der Waals surface area contributed by atoms with Crippen LogP contribution in [0.15, 0.2) is 0 Å². The van der Waals surface area contributed by atoms with Crippen LogP contribution in [0.2, 0.25) is 0 Å². The molecule has 0 aliphatic carbocycles. The number of hydrogen-bond donors (Lipinski definition) is 0. The largest absolute Gasteiger partial charge is 0.467 e. The van der Waals surface area contributed by atoms with Gasteiger partial charge in [-0.25, -0.2) is 4.79 Å². The Morgan fingerprint density at radius 2 is 2.07 bits per heavy atom. The smallest absolute Gasteiger partial charge is 0.329 e. The van der Waals surface area contributed by atoms with Crippen molar-refractivity contribution in [3.63, 3.8) is 0 Å². The van der Waals surface area contributed by atoms with Crippen LogP contribution in [0.3, 0.4) is 0 Å². The van der Waals surface area contributed by atoms with Crippen LogP contribution in [0, 0.1) is 0 Å². The van der Waals surface area contributed by atoms with E-state index in [1.807, 2.05) is 13.8 Å². The molecule has 1 aliphatic rings. The highest BCUT2D eigenvalue weighted by Gasteiger charge is 2.45. The molecule has 1 heterocycles. The van der Waals surface area contributed by atoms with E-state index in [1.54, 1.807) is 16.7 Å². The molecule has 0 N–H and O–H groups in total. The molecule has 1 aliphatic heterocycles. The van der Waals surface area contributed by atoms with E-state index in [-0.39, 0.29) is 16.7 Å². The average Bonchev–Trinajstić information content (AvgIpc) is 2.39. The number of ether oxygens (including phenoxy) is 1. The summed E-state index contributed by atoms with van der Waals surface area (Å²) in [6.07, 6.45) is 0. The number of rotatable bonds is 1. The molecule has 0 aromatic heterocycles. The molecule has 0 saturated carbocycles. The van der Waals surface area contributed by atoms with Gasteiger partial charge in [0.1, 0.15) is 6.04 Å². The van der Waals surface area contributed by atoms with Crippen LogP contribution < -0.4 is 0 Å². The van der Waals surface area contributed by atoms with Gasteiger partial charge in [0.15, 0.2) is 0 Å². The first-order valence-electron chi connectivity index (χ1n) is 4.42. The van der Waals surface area contributed by atoms with Gasteiger partial charge in [-0.15, -0.1) is 11.8 Å². The summed E-state index contributed by atoms with van der Waals surface area (Å²) in [4.78, 5) is 24.1. The normalized spacial score (nSPS) is 24.9. The summed E-state index contributed by atoms with van der Waals surface area (Å²) in [5, 5.41) is 0. The van der Waals surface area contributed by atoms with Crippen molar-refractivity contribution in [3.05, 3.63) is 0 Å². The number of nitrogens with zero attached hydrogens (tertiary/aromatic N) is 1. The van der Waals surface area contributed by atoms with Crippen molar-refractivity contribution in [3.8, 4) is 0 Å². The fourth-order valence-corrected chi connectivity index (χ4v) is 2.96. The van der Waals surface area contributed by atoms with Crippen molar-refractivity contribution >= 4 is 23.6 Å². The minimum Gasteiger partial charge on any atom is -0.467 e. The Morgan fingerprint density at radius 1 is 1.50 bits per heavy atom. The molecule has 0 aromatic carbocycles. The fraction of sp³-hybridized carbons (Fsp3) is 0.778. The highest BCUT2D eigenvalue weighted by atomic mass is 32.2. The van der Waals surface area contributed by atoms with E-state index in [9.17, 15) is 9.59 Å². The van der Waals surface area contributed by atoms with E-state index in [0.717, 1.165) is 0 Å². The third-order valence-electron chi connectivity index (χ3n) is 2.30. The van der Waals surface area contributed by atoms with Crippen molar-refractivity contribution in [1.29, 1.82) is 0 Å². The Balaban J connectivity index is 2.90. The standard InChI is InChI=1S/C9H15NO3S/c1-6(11)10-7(8(12)13-4)5-14-9(10,2)3/h7H,5H2,1-4H3/t7-/m0/s1. The van der Waals surface area contributed by atoms with Gasteiger partial charge in [0, 0.05) is 12.7 Å². The number of amides is 1. The van der Waals surface area contributed by atoms with E-state index in [2.05, 4.69) is 4.74 Å². The lowest BCUT2D eigenvalue weighted by atomic mass is 10.2. The van der Waals surface area contributed by atoms with Gasteiger partial charge >= 0.3 is 5.97 Å². The summed E-state index contributed by atoms with van der Waals surface area (Å²) in [5.41, 5.74) is 0. The number of esters is 1. The van der Waals surface area contributed by atoms with Gasteiger partial charge in [0.25, 0.3) is 0 Å². The van der Waals surface area contributed by atoms with Gasteiger partial charge in [-0.3, -0.25) is 4.79 Å². The van der Waals surface area contributed by atoms with E-state index >= 15 is 0 Å². The van der Waals surface area contributed by atoms with E-state index in [4.69, 9.17) is 0 Å². The molecule has 0 aromatic rings. The molecule has 1 saturated heterocycles. The van der Waals surface area contributed by atoms with Gasteiger partial charge in [-0.2, -0.15) is 0 Å². The molecule has 4 nitrogen and oxygen atoms in total. The Labute approximate surface area is 88.0 Å². The zero-order valence-electron chi connectivity index (χ0n) is 8.86. The molecule has 1 amide bonds. The molecular weight excluding hydrogens is 202 g/mol. The zero-order chi connectivity index (χ0) is 10.9. The van der Waals surface area contributed by atoms with Crippen LogP contribution in [-0.2, 0) is 14.3 Å². The predicted octanol–water partition coefficient (Wildman–Crippen LogP) is 0.859. The SMILES string of the molecule is COC(=O)[C@@H]1CSC(C)(C)N1C(C)=O. The maximum absolute atomic E-state index is 11.4. The van der Waals surface area contributed by atoms with Gasteiger partial charge in [0.05, 0.1) is 12.0 Å². The molecule has 0 unspecified atom stereocenters. The Hall–Kier alpha value is -0.710. The van der Waals surface area contributed by atoms with Gasteiger partial charge in [-0.1, -0.05) is 0 Å².